The predicted molar refractivity (Wildman–Crippen MR) is 109 cm³/mol. The highest BCUT2D eigenvalue weighted by Crippen LogP contribution is 2.40. The molecular weight excluding hydrogens is 366 g/mol. The van der Waals surface area contributed by atoms with Crippen LogP contribution in [0, 0.1) is 11.3 Å². The normalized spacial score (nSPS) is 17.4. The van der Waals surface area contributed by atoms with E-state index < -0.39 is 0 Å². The molecule has 1 aliphatic heterocycles. The Balaban J connectivity index is 1.51. The topological polar surface area (TPSA) is 126 Å². The summed E-state index contributed by atoms with van der Waals surface area (Å²) in [7, 11) is 0. The molecule has 0 spiro atoms. The lowest BCUT2D eigenvalue weighted by Gasteiger charge is -2.21. The van der Waals surface area contributed by atoms with Gasteiger partial charge >= 0.3 is 0 Å². The number of H-pyrrole nitrogens is 1. The fourth-order valence-electron chi connectivity index (χ4n) is 4.18. The molecule has 4 heterocycles. The van der Waals surface area contributed by atoms with Crippen molar-refractivity contribution in [2.45, 2.75) is 31.8 Å². The molecule has 1 unspecified atom stereocenters. The number of pyridine rings is 1. The number of hydrogen-bond acceptors (Lipinski definition) is 7. The van der Waals surface area contributed by atoms with E-state index in [1.54, 1.807) is 12.4 Å². The molecule has 3 aromatic rings. The highest BCUT2D eigenvalue weighted by Gasteiger charge is 2.26. The molecule has 5 rings (SSSR count). The fraction of sp³-hybridized carbons (Fsp3) is 0.333. The molecule has 8 nitrogen and oxygen atoms in total. The summed E-state index contributed by atoms with van der Waals surface area (Å²) < 4.78 is 5.62. The molecule has 146 valence electrons. The smallest absolute Gasteiger partial charge is 0.222 e. The van der Waals surface area contributed by atoms with Crippen LogP contribution in [0.25, 0.3) is 22.4 Å². The van der Waals surface area contributed by atoms with Gasteiger partial charge in [0.15, 0.2) is 0 Å². The molecule has 1 atom stereocenters. The average molecular weight is 387 g/mol. The highest BCUT2D eigenvalue weighted by molar-refractivity contribution is 5.85. The molecule has 0 amide bonds. The zero-order valence-corrected chi connectivity index (χ0v) is 15.9. The maximum absolute atomic E-state index is 9.73. The zero-order chi connectivity index (χ0) is 19.8. The van der Waals surface area contributed by atoms with Crippen LogP contribution in [0.1, 0.15) is 29.7 Å². The number of ether oxygens (including phenoxy) is 1. The van der Waals surface area contributed by atoms with E-state index in [-0.39, 0.29) is 11.9 Å². The molecule has 8 heteroatoms. The lowest BCUT2D eigenvalue weighted by atomic mass is 9.86. The zero-order valence-electron chi connectivity index (χ0n) is 15.9. The molecular formula is C21H21N7O. The molecule has 2 aliphatic rings. The molecule has 3 aromatic heterocycles. The first kappa shape index (κ1) is 17.6. The van der Waals surface area contributed by atoms with Crippen LogP contribution in [-0.4, -0.2) is 39.2 Å². The number of hydrogen-bond donors (Lipinski definition) is 3. The molecule has 4 N–H and O–H groups in total. The summed E-state index contributed by atoms with van der Waals surface area (Å²) >= 11 is 0. The molecule has 0 bridgehead atoms. The number of anilines is 2. The molecule has 0 saturated carbocycles. The van der Waals surface area contributed by atoms with E-state index in [2.05, 4.69) is 31.3 Å². The van der Waals surface area contributed by atoms with Crippen molar-refractivity contribution in [3.63, 3.8) is 0 Å². The summed E-state index contributed by atoms with van der Waals surface area (Å²) in [5.41, 5.74) is 12.1. The van der Waals surface area contributed by atoms with E-state index in [1.165, 1.54) is 0 Å². The third kappa shape index (κ3) is 3.09. The summed E-state index contributed by atoms with van der Waals surface area (Å²) in [4.78, 5) is 16.7. The first-order valence-corrected chi connectivity index (χ1v) is 9.81. The van der Waals surface area contributed by atoms with Crippen LogP contribution in [0.15, 0.2) is 24.7 Å². The second-order valence-corrected chi connectivity index (χ2v) is 7.37. The minimum absolute atomic E-state index is 0.214. The second kappa shape index (κ2) is 7.18. The third-order valence-electron chi connectivity index (χ3n) is 5.60. The van der Waals surface area contributed by atoms with E-state index >= 15 is 0 Å². The fourth-order valence-corrected chi connectivity index (χ4v) is 4.18. The lowest BCUT2D eigenvalue weighted by molar-refractivity contribution is 0.120. The van der Waals surface area contributed by atoms with Gasteiger partial charge in [-0.05, 0) is 37.3 Å². The number of aromatic amines is 1. The molecule has 1 fully saturated rings. The van der Waals surface area contributed by atoms with Crippen LogP contribution in [0.5, 0.6) is 0 Å². The maximum Gasteiger partial charge on any atom is 0.222 e. The van der Waals surface area contributed by atoms with Gasteiger partial charge < -0.3 is 20.8 Å². The van der Waals surface area contributed by atoms with Crippen molar-refractivity contribution in [1.29, 1.82) is 5.26 Å². The van der Waals surface area contributed by atoms with Crippen LogP contribution in [0.3, 0.4) is 0 Å². The average Bonchev–Trinajstić information content (AvgIpc) is 3.43. The van der Waals surface area contributed by atoms with Crippen molar-refractivity contribution < 1.29 is 4.74 Å². The van der Waals surface area contributed by atoms with Crippen LogP contribution in [0.4, 0.5) is 11.8 Å². The summed E-state index contributed by atoms with van der Waals surface area (Å²) in [5, 5.41) is 13.0. The van der Waals surface area contributed by atoms with Crippen LogP contribution >= 0.6 is 0 Å². The minimum atomic E-state index is 0.214. The second-order valence-electron chi connectivity index (χ2n) is 7.37. The Hall–Kier alpha value is -3.44. The van der Waals surface area contributed by atoms with Crippen LogP contribution in [-0.2, 0) is 17.6 Å². The standard InChI is InChI=1S/C21H21N7O/c22-8-16-18(12-9-25-21(26-10-12)27-11-13-2-1-7-29-13)15-3-4-17-14(5-6-24-17)19(15)28-20(16)23/h5-6,9-10,13,24H,1-4,7,11H2,(H2,23,28)(H,25,26,27). The van der Waals surface area contributed by atoms with Crippen molar-refractivity contribution in [3.8, 4) is 28.5 Å². The largest absolute Gasteiger partial charge is 0.383 e. The lowest BCUT2D eigenvalue weighted by Crippen LogP contribution is -2.19. The van der Waals surface area contributed by atoms with Crippen LogP contribution in [0.2, 0.25) is 0 Å². The van der Waals surface area contributed by atoms with E-state index in [1.807, 2.05) is 12.3 Å². The number of nitrogens with two attached hydrogens (primary N) is 1. The van der Waals surface area contributed by atoms with Gasteiger partial charge in [0, 0.05) is 54.1 Å². The summed E-state index contributed by atoms with van der Waals surface area (Å²) in [6, 6.07) is 4.23. The Morgan fingerprint density at radius 2 is 2.17 bits per heavy atom. The van der Waals surface area contributed by atoms with E-state index in [0.717, 1.165) is 65.9 Å². The summed E-state index contributed by atoms with van der Waals surface area (Å²) in [6.45, 7) is 1.51. The molecule has 0 radical (unpaired) electrons. The van der Waals surface area contributed by atoms with Crippen molar-refractivity contribution in [3.05, 3.63) is 41.5 Å². The number of nitriles is 1. The monoisotopic (exact) mass is 387 g/mol. The first-order valence-electron chi connectivity index (χ1n) is 9.81. The van der Waals surface area contributed by atoms with E-state index in [4.69, 9.17) is 10.5 Å². The van der Waals surface area contributed by atoms with Crippen molar-refractivity contribution in [2.24, 2.45) is 0 Å². The van der Waals surface area contributed by atoms with Gasteiger partial charge in [-0.1, -0.05) is 0 Å². The number of nitrogens with one attached hydrogen (secondary N) is 2. The molecule has 1 aliphatic carbocycles. The van der Waals surface area contributed by atoms with Crippen molar-refractivity contribution in [2.75, 3.05) is 24.2 Å². The highest BCUT2D eigenvalue weighted by atomic mass is 16.5. The van der Waals surface area contributed by atoms with Gasteiger partial charge in [0.2, 0.25) is 5.95 Å². The molecule has 29 heavy (non-hydrogen) atoms. The van der Waals surface area contributed by atoms with Gasteiger partial charge in [-0.2, -0.15) is 5.26 Å². The Morgan fingerprint density at radius 3 is 2.93 bits per heavy atom. The van der Waals surface area contributed by atoms with E-state index in [0.29, 0.717) is 18.1 Å². The Bertz CT molecular complexity index is 1090. The summed E-state index contributed by atoms with van der Waals surface area (Å²) in [6.07, 6.45) is 9.40. The maximum atomic E-state index is 9.73. The van der Waals surface area contributed by atoms with Crippen molar-refractivity contribution >= 4 is 11.8 Å². The van der Waals surface area contributed by atoms with Gasteiger partial charge in [-0.15, -0.1) is 0 Å². The first-order chi connectivity index (χ1) is 14.2. The molecule has 0 aromatic carbocycles. The van der Waals surface area contributed by atoms with Gasteiger partial charge in [-0.3, -0.25) is 0 Å². The summed E-state index contributed by atoms with van der Waals surface area (Å²) in [5.74, 6) is 0.780. The number of nitrogens with zero attached hydrogens (tertiary/aromatic N) is 4. The quantitative estimate of drug-likeness (QED) is 0.628. The molecule has 1 saturated heterocycles. The number of fused-ring (bicyclic) bond motifs is 3. The third-order valence-corrected chi connectivity index (χ3v) is 5.60. The number of rotatable bonds is 4. The number of aryl methyl sites for hydroxylation is 1. The van der Waals surface area contributed by atoms with Crippen LogP contribution < -0.4 is 11.1 Å². The minimum Gasteiger partial charge on any atom is -0.383 e. The Morgan fingerprint density at radius 1 is 1.31 bits per heavy atom. The van der Waals surface area contributed by atoms with Gasteiger partial charge in [0.25, 0.3) is 0 Å². The van der Waals surface area contributed by atoms with E-state index in [9.17, 15) is 5.26 Å². The van der Waals surface area contributed by atoms with Crippen molar-refractivity contribution in [1.82, 2.24) is 19.9 Å². The Kier molecular flexibility index (Phi) is 4.37. The van der Waals surface area contributed by atoms with Gasteiger partial charge in [-0.25, -0.2) is 15.0 Å². The Labute approximate surface area is 168 Å². The van der Waals surface area contributed by atoms with Gasteiger partial charge in [0.1, 0.15) is 17.5 Å². The number of aromatic nitrogens is 4. The number of nitrogen functional groups attached to an aromatic ring is 1. The SMILES string of the molecule is N#Cc1c(N)nc2c(c1-c1cnc(NCC3CCCO3)nc1)CCc1[nH]ccc1-2. The van der Waals surface area contributed by atoms with Gasteiger partial charge in [0.05, 0.1) is 11.8 Å². The predicted octanol–water partition coefficient (Wildman–Crippen LogP) is 2.68.